The molecule has 126 valence electrons. The number of carbonyl (C=O) groups excluding carboxylic acids is 1. The highest BCUT2D eigenvalue weighted by molar-refractivity contribution is 5.75. The minimum absolute atomic E-state index is 0.0779. The van der Waals surface area contributed by atoms with Crippen LogP contribution in [0.3, 0.4) is 0 Å². The summed E-state index contributed by atoms with van der Waals surface area (Å²) in [4.78, 5) is 12.1. The van der Waals surface area contributed by atoms with Crippen LogP contribution in [-0.2, 0) is 10.3 Å². The van der Waals surface area contributed by atoms with Crippen molar-refractivity contribution in [2.24, 2.45) is 0 Å². The van der Waals surface area contributed by atoms with Crippen LogP contribution in [-0.4, -0.2) is 35.1 Å². The lowest BCUT2D eigenvalue weighted by Crippen LogP contribution is -2.51. The minimum atomic E-state index is -0.414. The molecule has 0 spiro atoms. The van der Waals surface area contributed by atoms with Crippen molar-refractivity contribution in [3.05, 3.63) is 17.5 Å². The number of nitrogens with zero attached hydrogens (tertiary/aromatic N) is 2. The van der Waals surface area contributed by atoms with E-state index in [1.54, 1.807) is 7.11 Å². The van der Waals surface area contributed by atoms with Crippen LogP contribution in [0.1, 0.15) is 58.8 Å². The molecule has 1 rings (SSSR count). The Kier molecular flexibility index (Phi) is 5.62. The van der Waals surface area contributed by atoms with Crippen LogP contribution in [0.15, 0.2) is 6.20 Å². The average Bonchev–Trinajstić information content (AvgIpc) is 2.69. The zero-order valence-electron chi connectivity index (χ0n) is 15.1. The Morgan fingerprint density at radius 2 is 1.95 bits per heavy atom. The number of nitrogens with one attached hydrogen (secondary N) is 2. The number of hydrogen-bond donors (Lipinski definition) is 2. The van der Waals surface area contributed by atoms with Gasteiger partial charge in [0.1, 0.15) is 0 Å². The lowest BCUT2D eigenvalue weighted by Gasteiger charge is -2.26. The molecule has 0 fully saturated rings. The summed E-state index contributed by atoms with van der Waals surface area (Å²) < 4.78 is 7.03. The van der Waals surface area contributed by atoms with E-state index in [-0.39, 0.29) is 17.6 Å². The van der Waals surface area contributed by atoms with Crippen LogP contribution >= 0.6 is 0 Å². The molecule has 1 atom stereocenters. The first-order valence-electron chi connectivity index (χ1n) is 7.60. The largest absolute Gasteiger partial charge is 0.382 e. The number of hydrogen-bond acceptors (Lipinski definition) is 3. The van der Waals surface area contributed by atoms with Gasteiger partial charge in [-0.3, -0.25) is 4.68 Å². The lowest BCUT2D eigenvalue weighted by molar-refractivity contribution is 0.130. The van der Waals surface area contributed by atoms with Gasteiger partial charge in [-0.15, -0.1) is 0 Å². The van der Waals surface area contributed by atoms with E-state index >= 15 is 0 Å². The normalized spacial score (nSPS) is 13.8. The minimum Gasteiger partial charge on any atom is -0.382 e. The van der Waals surface area contributed by atoms with E-state index < -0.39 is 5.54 Å². The van der Waals surface area contributed by atoms with Crippen molar-refractivity contribution in [1.29, 1.82) is 0 Å². The molecule has 22 heavy (non-hydrogen) atoms. The maximum Gasteiger partial charge on any atom is 0.315 e. The predicted octanol–water partition coefficient (Wildman–Crippen LogP) is 2.73. The summed E-state index contributed by atoms with van der Waals surface area (Å²) in [5.74, 6) is 0. The number of ether oxygens (including phenoxy) is 1. The molecule has 6 nitrogen and oxygen atoms in total. The molecule has 6 heteroatoms. The first-order chi connectivity index (χ1) is 9.96. The Balaban J connectivity index is 2.75. The van der Waals surface area contributed by atoms with Gasteiger partial charge in [-0.1, -0.05) is 0 Å². The molecule has 0 aliphatic rings. The van der Waals surface area contributed by atoms with Gasteiger partial charge in [-0.25, -0.2) is 4.79 Å². The maximum absolute atomic E-state index is 12.1. The van der Waals surface area contributed by atoms with E-state index in [1.165, 1.54) is 0 Å². The SMILES string of the molecule is COCC(C)(C)NC(=O)N[C@@H](C)c1cn(C(C)(C)C)nc1C. The summed E-state index contributed by atoms with van der Waals surface area (Å²) >= 11 is 0. The molecule has 0 bridgehead atoms. The van der Waals surface area contributed by atoms with Crippen LogP contribution in [0.5, 0.6) is 0 Å². The molecule has 1 heterocycles. The summed E-state index contributed by atoms with van der Waals surface area (Å²) in [6.45, 7) is 14.5. The Bertz CT molecular complexity index is 515. The molecular weight excluding hydrogens is 280 g/mol. The first-order valence-corrected chi connectivity index (χ1v) is 7.60. The van der Waals surface area contributed by atoms with Gasteiger partial charge in [-0.2, -0.15) is 5.10 Å². The van der Waals surface area contributed by atoms with Crippen LogP contribution < -0.4 is 10.6 Å². The number of amides is 2. The molecule has 1 aromatic rings. The van der Waals surface area contributed by atoms with Crippen LogP contribution in [0.2, 0.25) is 0 Å². The van der Waals surface area contributed by atoms with Crippen molar-refractivity contribution in [2.75, 3.05) is 13.7 Å². The molecule has 0 aliphatic carbocycles. The van der Waals surface area contributed by atoms with E-state index in [0.717, 1.165) is 11.3 Å². The first kappa shape index (κ1) is 18.5. The topological polar surface area (TPSA) is 68.2 Å². The second-order valence-electron chi connectivity index (χ2n) is 7.42. The molecule has 0 aliphatic heterocycles. The zero-order chi connectivity index (χ0) is 17.1. The highest BCUT2D eigenvalue weighted by Gasteiger charge is 2.23. The molecule has 0 unspecified atom stereocenters. The van der Waals surface area contributed by atoms with Crippen molar-refractivity contribution in [3.63, 3.8) is 0 Å². The number of aryl methyl sites for hydroxylation is 1. The number of urea groups is 1. The van der Waals surface area contributed by atoms with E-state index in [4.69, 9.17) is 4.74 Å². The third kappa shape index (κ3) is 5.02. The number of rotatable bonds is 5. The van der Waals surface area contributed by atoms with Crippen molar-refractivity contribution >= 4 is 6.03 Å². The Morgan fingerprint density at radius 3 is 2.41 bits per heavy atom. The second-order valence-corrected chi connectivity index (χ2v) is 7.42. The molecule has 0 aromatic carbocycles. The quantitative estimate of drug-likeness (QED) is 0.878. The summed E-state index contributed by atoms with van der Waals surface area (Å²) in [6, 6.07) is -0.327. The van der Waals surface area contributed by atoms with Gasteiger partial charge in [0, 0.05) is 18.9 Å². The fourth-order valence-electron chi connectivity index (χ4n) is 2.26. The molecule has 1 aromatic heterocycles. The van der Waals surface area contributed by atoms with E-state index in [9.17, 15) is 4.79 Å². The van der Waals surface area contributed by atoms with Gasteiger partial charge in [0.15, 0.2) is 0 Å². The standard InChI is InChI=1S/C16H30N4O2/c1-11(17-14(21)18-16(6,7)10-22-8)13-9-20(15(3,4)5)19-12(13)2/h9,11H,10H2,1-8H3,(H2,17,18,21)/t11-/m0/s1. The molecule has 0 saturated heterocycles. The van der Waals surface area contributed by atoms with Gasteiger partial charge < -0.3 is 15.4 Å². The summed E-state index contributed by atoms with van der Waals surface area (Å²) in [5.41, 5.74) is 1.46. The van der Waals surface area contributed by atoms with Crippen molar-refractivity contribution in [2.45, 2.75) is 65.6 Å². The highest BCUT2D eigenvalue weighted by atomic mass is 16.5. The summed E-state index contributed by atoms with van der Waals surface area (Å²) in [7, 11) is 1.62. The average molecular weight is 310 g/mol. The van der Waals surface area contributed by atoms with Crippen molar-refractivity contribution < 1.29 is 9.53 Å². The number of aromatic nitrogens is 2. The fourth-order valence-corrected chi connectivity index (χ4v) is 2.26. The Hall–Kier alpha value is -1.56. The summed E-state index contributed by atoms with van der Waals surface area (Å²) in [5, 5.41) is 10.4. The Labute approximate surface area is 133 Å². The van der Waals surface area contributed by atoms with Crippen molar-refractivity contribution in [1.82, 2.24) is 20.4 Å². The zero-order valence-corrected chi connectivity index (χ0v) is 15.1. The molecule has 2 N–H and O–H groups in total. The highest BCUT2D eigenvalue weighted by Crippen LogP contribution is 2.21. The summed E-state index contributed by atoms with van der Waals surface area (Å²) in [6.07, 6.45) is 2.00. The maximum atomic E-state index is 12.1. The fraction of sp³-hybridized carbons (Fsp3) is 0.750. The number of carbonyl (C=O) groups is 1. The van der Waals surface area contributed by atoms with E-state index in [0.29, 0.717) is 6.61 Å². The third-order valence-electron chi connectivity index (χ3n) is 3.40. The lowest BCUT2D eigenvalue weighted by atomic mass is 10.1. The number of methoxy groups -OCH3 is 1. The van der Waals surface area contributed by atoms with Crippen molar-refractivity contribution in [3.8, 4) is 0 Å². The van der Waals surface area contributed by atoms with Gasteiger partial charge in [0.25, 0.3) is 0 Å². The van der Waals surface area contributed by atoms with Crippen LogP contribution in [0, 0.1) is 6.92 Å². The monoisotopic (exact) mass is 310 g/mol. The van der Waals surface area contributed by atoms with Crippen LogP contribution in [0.4, 0.5) is 4.79 Å². The smallest absolute Gasteiger partial charge is 0.315 e. The van der Waals surface area contributed by atoms with Crippen LogP contribution in [0.25, 0.3) is 0 Å². The van der Waals surface area contributed by atoms with Gasteiger partial charge in [0.05, 0.1) is 29.4 Å². The van der Waals surface area contributed by atoms with Gasteiger partial charge in [-0.05, 0) is 48.5 Å². The van der Waals surface area contributed by atoms with E-state index in [1.807, 2.05) is 38.6 Å². The van der Waals surface area contributed by atoms with Gasteiger partial charge >= 0.3 is 6.03 Å². The second kappa shape index (κ2) is 6.69. The molecule has 0 radical (unpaired) electrons. The third-order valence-corrected chi connectivity index (χ3v) is 3.40. The molecule has 2 amide bonds. The predicted molar refractivity (Wildman–Crippen MR) is 88.0 cm³/mol. The Morgan fingerprint density at radius 1 is 1.36 bits per heavy atom. The van der Waals surface area contributed by atoms with Gasteiger partial charge in [0.2, 0.25) is 0 Å². The molecular formula is C16H30N4O2. The van der Waals surface area contributed by atoms with E-state index in [2.05, 4.69) is 36.5 Å². The molecule has 0 saturated carbocycles.